The summed E-state index contributed by atoms with van der Waals surface area (Å²) < 4.78 is 7.57. The molecule has 0 radical (unpaired) electrons. The van der Waals surface area contributed by atoms with E-state index in [4.69, 9.17) is 27.9 Å². The van der Waals surface area contributed by atoms with Crippen LogP contribution in [0.5, 0.6) is 5.75 Å². The Morgan fingerprint density at radius 2 is 1.95 bits per heavy atom. The van der Waals surface area contributed by atoms with E-state index >= 15 is 0 Å². The van der Waals surface area contributed by atoms with Gasteiger partial charge in [0.05, 0.1) is 15.2 Å². The van der Waals surface area contributed by atoms with Crippen molar-refractivity contribution in [2.24, 2.45) is 0 Å². The molecular weight excluding hydrogens is 453 g/mol. The van der Waals surface area contributed by atoms with Gasteiger partial charge in [0.1, 0.15) is 12.4 Å². The van der Waals surface area contributed by atoms with Crippen molar-refractivity contribution in [2.75, 3.05) is 11.9 Å². The van der Waals surface area contributed by atoms with Crippen LogP contribution in [0.4, 0.5) is 5.69 Å². The lowest BCUT2D eigenvalue weighted by molar-refractivity contribution is 0.357. The Labute approximate surface area is 156 Å². The fourth-order valence-electron chi connectivity index (χ4n) is 1.87. The summed E-state index contributed by atoms with van der Waals surface area (Å²) in [4.78, 5) is 0. The van der Waals surface area contributed by atoms with Gasteiger partial charge >= 0.3 is 0 Å². The van der Waals surface area contributed by atoms with E-state index < -0.39 is 0 Å². The van der Waals surface area contributed by atoms with Crippen LogP contribution >= 0.6 is 55.1 Å². The molecule has 0 aliphatic carbocycles. The number of anilines is 1. The Balaban J connectivity index is 2.22. The fourth-order valence-corrected chi connectivity index (χ4v) is 3.78. The van der Waals surface area contributed by atoms with Gasteiger partial charge in [-0.05, 0) is 46.3 Å². The highest BCUT2D eigenvalue weighted by Crippen LogP contribution is 2.34. The predicted molar refractivity (Wildman–Crippen MR) is 101 cm³/mol. The molecule has 2 aromatic rings. The molecule has 0 aliphatic heterocycles. The number of rotatable bonds is 6. The van der Waals surface area contributed by atoms with Gasteiger partial charge in [0, 0.05) is 21.6 Å². The van der Waals surface area contributed by atoms with Crippen LogP contribution in [0.2, 0.25) is 10.0 Å². The van der Waals surface area contributed by atoms with Crippen molar-refractivity contribution in [2.45, 2.75) is 6.54 Å². The molecule has 0 unspecified atom stereocenters. The second kappa shape index (κ2) is 8.25. The SMILES string of the molecule is C=CCOc1c(Br)cc(Br)cc1CNc1ccc(Cl)cc1Cl. The molecule has 0 fully saturated rings. The van der Waals surface area contributed by atoms with Gasteiger partial charge in [-0.25, -0.2) is 0 Å². The molecule has 1 N–H and O–H groups in total. The Bertz CT molecular complexity index is 692. The van der Waals surface area contributed by atoms with Gasteiger partial charge in [-0.2, -0.15) is 0 Å². The first kappa shape index (κ1) is 17.7. The Kier molecular flexibility index (Phi) is 6.63. The first-order valence-corrected chi connectivity index (χ1v) is 8.76. The lowest BCUT2D eigenvalue weighted by Crippen LogP contribution is -2.04. The van der Waals surface area contributed by atoms with Gasteiger partial charge in [0.25, 0.3) is 0 Å². The fraction of sp³-hybridized carbons (Fsp3) is 0.125. The van der Waals surface area contributed by atoms with E-state index in [0.29, 0.717) is 23.2 Å². The summed E-state index contributed by atoms with van der Waals surface area (Å²) in [5.41, 5.74) is 1.81. The smallest absolute Gasteiger partial charge is 0.139 e. The maximum atomic E-state index is 6.17. The van der Waals surface area contributed by atoms with Gasteiger partial charge < -0.3 is 10.1 Å². The van der Waals surface area contributed by atoms with Crippen LogP contribution < -0.4 is 10.1 Å². The molecule has 0 heterocycles. The zero-order chi connectivity index (χ0) is 16.1. The lowest BCUT2D eigenvalue weighted by Gasteiger charge is -2.15. The summed E-state index contributed by atoms with van der Waals surface area (Å²) in [6.45, 7) is 4.67. The number of benzene rings is 2. The van der Waals surface area contributed by atoms with E-state index in [1.54, 1.807) is 18.2 Å². The summed E-state index contributed by atoms with van der Waals surface area (Å²) in [7, 11) is 0. The summed E-state index contributed by atoms with van der Waals surface area (Å²) in [5, 5.41) is 4.48. The summed E-state index contributed by atoms with van der Waals surface area (Å²) in [6, 6.07) is 9.29. The molecule has 2 aromatic carbocycles. The van der Waals surface area contributed by atoms with Crippen LogP contribution in [-0.4, -0.2) is 6.61 Å². The van der Waals surface area contributed by atoms with Gasteiger partial charge in [-0.15, -0.1) is 0 Å². The van der Waals surface area contributed by atoms with Crippen molar-refractivity contribution in [1.82, 2.24) is 0 Å². The molecule has 0 amide bonds. The molecule has 0 spiro atoms. The molecule has 0 bridgehead atoms. The van der Waals surface area contributed by atoms with Crippen molar-refractivity contribution >= 4 is 60.7 Å². The Morgan fingerprint density at radius 1 is 1.18 bits per heavy atom. The normalized spacial score (nSPS) is 10.4. The van der Waals surface area contributed by atoms with E-state index in [2.05, 4.69) is 43.8 Å². The molecule has 0 saturated carbocycles. The van der Waals surface area contributed by atoms with Crippen molar-refractivity contribution in [3.05, 3.63) is 67.5 Å². The molecular formula is C16H13Br2Cl2NO. The van der Waals surface area contributed by atoms with E-state index in [1.165, 1.54) is 0 Å². The lowest BCUT2D eigenvalue weighted by atomic mass is 10.2. The minimum atomic E-state index is 0.439. The zero-order valence-electron chi connectivity index (χ0n) is 11.5. The summed E-state index contributed by atoms with van der Waals surface area (Å²) in [6.07, 6.45) is 1.71. The van der Waals surface area contributed by atoms with Gasteiger partial charge in [0.2, 0.25) is 0 Å². The van der Waals surface area contributed by atoms with Gasteiger partial charge in [0.15, 0.2) is 0 Å². The van der Waals surface area contributed by atoms with Crippen LogP contribution in [0.1, 0.15) is 5.56 Å². The monoisotopic (exact) mass is 463 g/mol. The van der Waals surface area contributed by atoms with Crippen molar-refractivity contribution < 1.29 is 4.74 Å². The highest BCUT2D eigenvalue weighted by atomic mass is 79.9. The standard InChI is InChI=1S/C16H13Br2Cl2NO/c1-2-5-22-16-10(6-11(17)7-13(16)18)9-21-15-4-3-12(19)8-14(15)20/h2-4,6-8,21H,1,5,9H2. The maximum absolute atomic E-state index is 6.17. The second-order valence-corrected chi connectivity index (χ2v) is 7.07. The average Bonchev–Trinajstić information content (AvgIpc) is 2.45. The number of hydrogen-bond acceptors (Lipinski definition) is 2. The molecule has 6 heteroatoms. The first-order chi connectivity index (χ1) is 10.5. The number of hydrogen-bond donors (Lipinski definition) is 1. The third kappa shape index (κ3) is 4.66. The number of halogens is 4. The van der Waals surface area contributed by atoms with Crippen LogP contribution in [0, 0.1) is 0 Å². The van der Waals surface area contributed by atoms with Crippen LogP contribution in [0.3, 0.4) is 0 Å². The van der Waals surface area contributed by atoms with E-state index in [1.807, 2.05) is 18.2 Å². The number of nitrogens with one attached hydrogen (secondary N) is 1. The summed E-state index contributed by atoms with van der Waals surface area (Å²) >= 11 is 19.1. The molecule has 0 aromatic heterocycles. The third-order valence-corrected chi connectivity index (χ3v) is 4.43. The first-order valence-electron chi connectivity index (χ1n) is 6.42. The Hall–Kier alpha value is -0.680. The average molecular weight is 466 g/mol. The van der Waals surface area contributed by atoms with Crippen molar-refractivity contribution in [3.63, 3.8) is 0 Å². The van der Waals surface area contributed by atoms with Crippen LogP contribution in [-0.2, 0) is 6.54 Å². The minimum Gasteiger partial charge on any atom is -0.488 e. The molecule has 22 heavy (non-hydrogen) atoms. The topological polar surface area (TPSA) is 21.3 Å². The van der Waals surface area contributed by atoms with E-state index in [0.717, 1.165) is 25.9 Å². The molecule has 0 atom stereocenters. The van der Waals surface area contributed by atoms with E-state index in [-0.39, 0.29) is 0 Å². The number of ether oxygens (including phenoxy) is 1. The zero-order valence-corrected chi connectivity index (χ0v) is 16.2. The van der Waals surface area contributed by atoms with Crippen LogP contribution in [0.15, 0.2) is 51.9 Å². The Morgan fingerprint density at radius 3 is 2.64 bits per heavy atom. The molecule has 2 rings (SSSR count). The molecule has 2 nitrogen and oxygen atoms in total. The largest absolute Gasteiger partial charge is 0.488 e. The molecule has 0 aliphatic rings. The van der Waals surface area contributed by atoms with Gasteiger partial charge in [-0.1, -0.05) is 51.8 Å². The van der Waals surface area contributed by atoms with Crippen molar-refractivity contribution in [1.29, 1.82) is 0 Å². The third-order valence-electron chi connectivity index (χ3n) is 2.83. The summed E-state index contributed by atoms with van der Waals surface area (Å²) in [5.74, 6) is 0.778. The maximum Gasteiger partial charge on any atom is 0.139 e. The quantitative estimate of drug-likeness (QED) is 0.479. The van der Waals surface area contributed by atoms with Crippen LogP contribution in [0.25, 0.3) is 0 Å². The van der Waals surface area contributed by atoms with Gasteiger partial charge in [-0.3, -0.25) is 0 Å². The minimum absolute atomic E-state index is 0.439. The molecule has 116 valence electrons. The van der Waals surface area contributed by atoms with Crippen molar-refractivity contribution in [3.8, 4) is 5.75 Å². The highest BCUT2D eigenvalue weighted by molar-refractivity contribution is 9.11. The van der Waals surface area contributed by atoms with E-state index in [9.17, 15) is 0 Å². The highest BCUT2D eigenvalue weighted by Gasteiger charge is 2.11. The molecule has 0 saturated heterocycles. The second-order valence-electron chi connectivity index (χ2n) is 4.45. The predicted octanol–water partition coefficient (Wildman–Crippen LogP) is 6.70.